The SMILES string of the molecule is C=CCOC(=O)C(CCC/C=C/CCCCCCCCCCCCCCC)CC(=O)O. The van der Waals surface area contributed by atoms with Crippen molar-refractivity contribution in [2.24, 2.45) is 5.92 Å². The first kappa shape index (κ1) is 29.4. The number of carboxylic acids is 1. The largest absolute Gasteiger partial charge is 0.481 e. The molecule has 4 heteroatoms. The van der Waals surface area contributed by atoms with Crippen LogP contribution in [0.1, 0.15) is 122 Å². The van der Waals surface area contributed by atoms with Crippen molar-refractivity contribution < 1.29 is 19.4 Å². The number of carboxylic acid groups (broad SMARTS) is 1. The lowest BCUT2D eigenvalue weighted by Gasteiger charge is -2.12. The van der Waals surface area contributed by atoms with Gasteiger partial charge in [-0.15, -0.1) is 0 Å². The van der Waals surface area contributed by atoms with Gasteiger partial charge in [0.05, 0.1) is 12.3 Å². The van der Waals surface area contributed by atoms with Gasteiger partial charge in [0.25, 0.3) is 0 Å². The van der Waals surface area contributed by atoms with Gasteiger partial charge in [-0.1, -0.05) is 109 Å². The maximum Gasteiger partial charge on any atom is 0.309 e. The summed E-state index contributed by atoms with van der Waals surface area (Å²) in [5.41, 5.74) is 0. The van der Waals surface area contributed by atoms with Crippen LogP contribution >= 0.6 is 0 Å². The van der Waals surface area contributed by atoms with Crippen LogP contribution in [0.5, 0.6) is 0 Å². The fraction of sp³-hybridized carbons (Fsp3) is 0.778. The van der Waals surface area contributed by atoms with E-state index >= 15 is 0 Å². The van der Waals surface area contributed by atoms with Crippen molar-refractivity contribution in [1.29, 1.82) is 0 Å². The second-order valence-corrected chi connectivity index (χ2v) is 8.65. The third-order valence-corrected chi connectivity index (χ3v) is 5.66. The summed E-state index contributed by atoms with van der Waals surface area (Å²) < 4.78 is 5.00. The standard InChI is InChI=1S/C27H48O4/c1-3-5-6-7-8-9-10-11-12-13-14-15-16-17-18-19-20-21-22-25(24-26(28)29)27(30)31-23-4-2/h4,18-19,25H,2-3,5-17,20-24H2,1H3,(H,28,29)/b19-18+. The maximum atomic E-state index is 11.9. The first-order valence-corrected chi connectivity index (χ1v) is 12.8. The summed E-state index contributed by atoms with van der Waals surface area (Å²) in [6.45, 7) is 5.91. The smallest absolute Gasteiger partial charge is 0.309 e. The van der Waals surface area contributed by atoms with Gasteiger partial charge in [-0.25, -0.2) is 0 Å². The molecule has 0 amide bonds. The van der Waals surface area contributed by atoms with Crippen LogP contribution in [0.4, 0.5) is 0 Å². The predicted molar refractivity (Wildman–Crippen MR) is 130 cm³/mol. The number of aliphatic carboxylic acids is 1. The number of carbonyl (C=O) groups is 2. The summed E-state index contributed by atoms with van der Waals surface area (Å²) in [6, 6.07) is 0. The van der Waals surface area contributed by atoms with Crippen LogP contribution in [0.3, 0.4) is 0 Å². The van der Waals surface area contributed by atoms with Gasteiger partial charge in [0.1, 0.15) is 6.61 Å². The molecule has 0 heterocycles. The molecule has 0 saturated carbocycles. The lowest BCUT2D eigenvalue weighted by atomic mass is 9.98. The van der Waals surface area contributed by atoms with Crippen molar-refractivity contribution in [3.63, 3.8) is 0 Å². The monoisotopic (exact) mass is 436 g/mol. The third kappa shape index (κ3) is 21.4. The molecule has 31 heavy (non-hydrogen) atoms. The molecule has 0 aromatic carbocycles. The fourth-order valence-electron chi connectivity index (χ4n) is 3.77. The molecule has 1 N–H and O–H groups in total. The number of hydrogen-bond acceptors (Lipinski definition) is 3. The lowest BCUT2D eigenvalue weighted by molar-refractivity contribution is -0.152. The van der Waals surface area contributed by atoms with E-state index in [9.17, 15) is 9.59 Å². The molecule has 0 aromatic rings. The van der Waals surface area contributed by atoms with Crippen molar-refractivity contribution in [1.82, 2.24) is 0 Å². The lowest BCUT2D eigenvalue weighted by Crippen LogP contribution is -2.21. The quantitative estimate of drug-likeness (QED) is 0.100. The van der Waals surface area contributed by atoms with E-state index in [0.717, 1.165) is 19.3 Å². The van der Waals surface area contributed by atoms with E-state index in [4.69, 9.17) is 9.84 Å². The number of rotatable bonds is 23. The number of hydrogen-bond donors (Lipinski definition) is 1. The van der Waals surface area contributed by atoms with Crippen molar-refractivity contribution in [3.05, 3.63) is 24.8 Å². The zero-order valence-electron chi connectivity index (χ0n) is 20.1. The predicted octanol–water partition coefficient (Wildman–Crippen LogP) is 8.01. The van der Waals surface area contributed by atoms with E-state index in [-0.39, 0.29) is 13.0 Å². The highest BCUT2D eigenvalue weighted by atomic mass is 16.5. The van der Waals surface area contributed by atoms with Gasteiger partial charge < -0.3 is 9.84 Å². The van der Waals surface area contributed by atoms with Gasteiger partial charge in [-0.05, 0) is 32.1 Å². The highest BCUT2D eigenvalue weighted by Crippen LogP contribution is 2.16. The van der Waals surface area contributed by atoms with Gasteiger partial charge in [-0.3, -0.25) is 9.59 Å². The Hall–Kier alpha value is -1.58. The average molecular weight is 437 g/mol. The maximum absolute atomic E-state index is 11.9. The third-order valence-electron chi connectivity index (χ3n) is 5.66. The Morgan fingerprint density at radius 2 is 1.29 bits per heavy atom. The van der Waals surface area contributed by atoms with Gasteiger partial charge in [-0.2, -0.15) is 0 Å². The van der Waals surface area contributed by atoms with Crippen LogP contribution < -0.4 is 0 Å². The molecule has 0 bridgehead atoms. The number of ether oxygens (including phenoxy) is 1. The molecule has 0 aliphatic heterocycles. The normalized spacial score (nSPS) is 12.2. The van der Waals surface area contributed by atoms with Crippen molar-refractivity contribution >= 4 is 11.9 Å². The molecule has 0 radical (unpaired) electrons. The Labute approximate surface area is 191 Å². The van der Waals surface area contributed by atoms with E-state index in [1.165, 1.54) is 89.5 Å². The summed E-state index contributed by atoms with van der Waals surface area (Å²) in [6.07, 6.45) is 26.9. The minimum absolute atomic E-state index is 0.133. The van der Waals surface area contributed by atoms with Crippen LogP contribution in [0.2, 0.25) is 0 Å². The minimum atomic E-state index is -0.960. The molecule has 0 aliphatic rings. The average Bonchev–Trinajstić information content (AvgIpc) is 2.75. The number of carbonyl (C=O) groups excluding carboxylic acids is 1. The highest BCUT2D eigenvalue weighted by molar-refractivity contribution is 5.79. The van der Waals surface area contributed by atoms with Gasteiger partial charge in [0, 0.05) is 0 Å². The van der Waals surface area contributed by atoms with Gasteiger partial charge in [0.15, 0.2) is 0 Å². The first-order valence-electron chi connectivity index (χ1n) is 12.8. The Morgan fingerprint density at radius 3 is 1.77 bits per heavy atom. The van der Waals surface area contributed by atoms with Crippen molar-refractivity contribution in [2.75, 3.05) is 6.61 Å². The number of unbranched alkanes of at least 4 members (excludes halogenated alkanes) is 14. The minimum Gasteiger partial charge on any atom is -0.481 e. The number of esters is 1. The second kappa shape index (κ2) is 23.1. The second-order valence-electron chi connectivity index (χ2n) is 8.65. The van der Waals surface area contributed by atoms with E-state index < -0.39 is 17.9 Å². The van der Waals surface area contributed by atoms with Crippen LogP contribution in [0, 0.1) is 5.92 Å². The molecule has 0 fully saturated rings. The van der Waals surface area contributed by atoms with Crippen LogP contribution in [-0.4, -0.2) is 23.7 Å². The summed E-state index contributed by atoms with van der Waals surface area (Å²) in [5, 5.41) is 8.97. The molecule has 4 nitrogen and oxygen atoms in total. The molecule has 0 rings (SSSR count). The number of allylic oxidation sites excluding steroid dienone is 2. The first-order chi connectivity index (χ1) is 15.1. The van der Waals surface area contributed by atoms with E-state index in [0.29, 0.717) is 6.42 Å². The molecule has 1 atom stereocenters. The Bertz CT molecular complexity index is 470. The molecule has 1 unspecified atom stereocenters. The summed E-state index contributed by atoms with van der Waals surface area (Å²) in [4.78, 5) is 22.8. The molecule has 0 aromatic heterocycles. The Kier molecular flexibility index (Phi) is 21.9. The molecule has 0 saturated heterocycles. The van der Waals surface area contributed by atoms with Crippen LogP contribution in [-0.2, 0) is 14.3 Å². The summed E-state index contributed by atoms with van der Waals surface area (Å²) >= 11 is 0. The van der Waals surface area contributed by atoms with Crippen molar-refractivity contribution in [3.8, 4) is 0 Å². The Balaban J connectivity index is 3.54. The molecular formula is C27H48O4. The summed E-state index contributed by atoms with van der Waals surface area (Å²) in [7, 11) is 0. The zero-order valence-corrected chi connectivity index (χ0v) is 20.1. The molecule has 0 aliphatic carbocycles. The zero-order chi connectivity index (χ0) is 23.0. The van der Waals surface area contributed by atoms with Crippen LogP contribution in [0.25, 0.3) is 0 Å². The molecule has 180 valence electrons. The van der Waals surface area contributed by atoms with E-state index in [1.807, 2.05) is 0 Å². The van der Waals surface area contributed by atoms with Gasteiger partial charge in [0.2, 0.25) is 0 Å². The Morgan fingerprint density at radius 1 is 0.806 bits per heavy atom. The fourth-order valence-corrected chi connectivity index (χ4v) is 3.77. The summed E-state index contributed by atoms with van der Waals surface area (Å²) in [5.74, 6) is -1.95. The van der Waals surface area contributed by atoms with E-state index in [1.54, 1.807) is 0 Å². The molecule has 0 spiro atoms. The topological polar surface area (TPSA) is 63.6 Å². The molecular weight excluding hydrogens is 388 g/mol. The highest BCUT2D eigenvalue weighted by Gasteiger charge is 2.22. The van der Waals surface area contributed by atoms with E-state index in [2.05, 4.69) is 25.7 Å². The van der Waals surface area contributed by atoms with Crippen LogP contribution in [0.15, 0.2) is 24.8 Å². The van der Waals surface area contributed by atoms with Crippen molar-refractivity contribution in [2.45, 2.75) is 122 Å². The van der Waals surface area contributed by atoms with Gasteiger partial charge >= 0.3 is 11.9 Å².